The highest BCUT2D eigenvalue weighted by molar-refractivity contribution is 5.80. The third-order valence-corrected chi connectivity index (χ3v) is 2.16. The molecule has 0 saturated carbocycles. The number of carboxylic acids is 1. The van der Waals surface area contributed by atoms with E-state index in [4.69, 9.17) is 10.8 Å². The summed E-state index contributed by atoms with van der Waals surface area (Å²) in [6.07, 6.45) is 6.83. The van der Waals surface area contributed by atoms with Crippen LogP contribution in [0.1, 0.15) is 6.42 Å². The summed E-state index contributed by atoms with van der Waals surface area (Å²) < 4.78 is 0. The normalized spacial score (nSPS) is 30.2. The Morgan fingerprint density at radius 2 is 2.07 bits per heavy atom. The first-order valence-corrected chi connectivity index (χ1v) is 4.48. The molecule has 1 unspecified atom stereocenters. The lowest BCUT2D eigenvalue weighted by Crippen LogP contribution is -2.55. The first-order valence-electron chi connectivity index (χ1n) is 4.48. The molecule has 4 heteroatoms. The summed E-state index contributed by atoms with van der Waals surface area (Å²) >= 11 is 0. The summed E-state index contributed by atoms with van der Waals surface area (Å²) in [5.74, 6) is -1.08. The van der Waals surface area contributed by atoms with Gasteiger partial charge in [0, 0.05) is 12.1 Å². The minimum atomic E-state index is -1.43. The molecule has 0 aliphatic carbocycles. The van der Waals surface area contributed by atoms with E-state index in [1.165, 1.54) is 0 Å². The highest BCUT2D eigenvalue weighted by atomic mass is 16.4. The quantitative estimate of drug-likeness (QED) is 0.641. The van der Waals surface area contributed by atoms with Crippen LogP contribution in [0.3, 0.4) is 0 Å². The van der Waals surface area contributed by atoms with E-state index in [9.17, 15) is 4.79 Å². The van der Waals surface area contributed by atoms with Crippen molar-refractivity contribution in [2.24, 2.45) is 5.73 Å². The fraction of sp³-hybridized carbons (Fsp3) is 0.182. The summed E-state index contributed by atoms with van der Waals surface area (Å²) in [7, 11) is 0. The number of carbonyl (C=O) groups is 1. The number of allylic oxidation sites excluding steroid dienone is 5. The fourth-order valence-electron chi connectivity index (χ4n) is 1.45. The predicted octanol–water partition coefficient (Wildman–Crippen LogP) is 0.902. The van der Waals surface area contributed by atoms with Gasteiger partial charge in [-0.3, -0.25) is 5.73 Å². The molecule has 4 nitrogen and oxygen atoms in total. The van der Waals surface area contributed by atoms with Gasteiger partial charge in [-0.2, -0.15) is 0 Å². The average Bonchev–Trinajstić information content (AvgIpc) is 2.46. The van der Waals surface area contributed by atoms with Crippen molar-refractivity contribution >= 4 is 5.97 Å². The van der Waals surface area contributed by atoms with E-state index in [1.807, 2.05) is 0 Å². The van der Waals surface area contributed by atoms with Crippen molar-refractivity contribution in [3.8, 4) is 0 Å². The van der Waals surface area contributed by atoms with Crippen LogP contribution in [0.5, 0.6) is 0 Å². The van der Waals surface area contributed by atoms with Crippen molar-refractivity contribution in [2.45, 2.75) is 12.1 Å². The van der Waals surface area contributed by atoms with Crippen molar-refractivity contribution in [1.82, 2.24) is 5.32 Å². The molecule has 1 heterocycles. The first-order chi connectivity index (χ1) is 7.03. The molecule has 4 N–H and O–H groups in total. The second-order valence-electron chi connectivity index (χ2n) is 3.32. The van der Waals surface area contributed by atoms with Gasteiger partial charge in [-0.1, -0.05) is 31.4 Å². The van der Waals surface area contributed by atoms with Crippen molar-refractivity contribution < 1.29 is 9.90 Å². The molecular weight excluding hydrogens is 192 g/mol. The maximum atomic E-state index is 10.9. The summed E-state index contributed by atoms with van der Waals surface area (Å²) in [6, 6.07) is 0. The lowest BCUT2D eigenvalue weighted by Gasteiger charge is -2.17. The maximum absolute atomic E-state index is 10.9. The van der Waals surface area contributed by atoms with Gasteiger partial charge in [-0.25, -0.2) is 4.79 Å². The van der Waals surface area contributed by atoms with Gasteiger partial charge in [-0.15, -0.1) is 0 Å². The van der Waals surface area contributed by atoms with Gasteiger partial charge in [0.05, 0.1) is 0 Å². The van der Waals surface area contributed by atoms with Gasteiger partial charge < -0.3 is 10.4 Å². The van der Waals surface area contributed by atoms with Crippen molar-refractivity contribution in [3.05, 3.63) is 48.7 Å². The van der Waals surface area contributed by atoms with E-state index in [0.717, 1.165) is 5.57 Å². The van der Waals surface area contributed by atoms with Crippen molar-refractivity contribution in [1.29, 1.82) is 0 Å². The summed E-state index contributed by atoms with van der Waals surface area (Å²) in [4.78, 5) is 10.9. The number of hydrogen-bond acceptors (Lipinski definition) is 3. The van der Waals surface area contributed by atoms with Crippen LogP contribution >= 0.6 is 0 Å². The Bertz CT molecular complexity index is 341. The third-order valence-electron chi connectivity index (χ3n) is 2.16. The van der Waals surface area contributed by atoms with E-state index in [-0.39, 0.29) is 6.42 Å². The Labute approximate surface area is 88.5 Å². The molecule has 0 aromatic carbocycles. The molecule has 0 amide bonds. The minimum Gasteiger partial charge on any atom is -0.478 e. The second-order valence-corrected chi connectivity index (χ2v) is 3.32. The van der Waals surface area contributed by atoms with Crippen LogP contribution < -0.4 is 11.1 Å². The van der Waals surface area contributed by atoms with Crippen LogP contribution in [0.25, 0.3) is 0 Å². The highest BCUT2D eigenvalue weighted by Gasteiger charge is 2.41. The monoisotopic (exact) mass is 206 g/mol. The van der Waals surface area contributed by atoms with Gasteiger partial charge in [-0.05, 0) is 11.6 Å². The van der Waals surface area contributed by atoms with E-state index in [0.29, 0.717) is 5.70 Å². The van der Waals surface area contributed by atoms with Gasteiger partial charge in [0.2, 0.25) is 0 Å². The van der Waals surface area contributed by atoms with E-state index < -0.39 is 11.6 Å². The molecule has 0 radical (unpaired) electrons. The molecule has 15 heavy (non-hydrogen) atoms. The lowest BCUT2D eigenvalue weighted by molar-refractivity contribution is -0.143. The molecule has 0 bridgehead atoms. The van der Waals surface area contributed by atoms with Crippen LogP contribution in [0, 0.1) is 0 Å². The van der Waals surface area contributed by atoms with E-state index >= 15 is 0 Å². The van der Waals surface area contributed by atoms with Crippen molar-refractivity contribution in [3.63, 3.8) is 0 Å². The zero-order valence-corrected chi connectivity index (χ0v) is 8.36. The highest BCUT2D eigenvalue weighted by Crippen LogP contribution is 2.27. The van der Waals surface area contributed by atoms with Crippen LogP contribution in [0.4, 0.5) is 0 Å². The molecule has 1 aliphatic rings. The second kappa shape index (κ2) is 4.14. The fourth-order valence-corrected chi connectivity index (χ4v) is 1.45. The number of rotatable bonds is 3. The molecule has 0 aromatic rings. The summed E-state index contributed by atoms with van der Waals surface area (Å²) in [5, 5.41) is 11.7. The molecule has 1 fully saturated rings. The molecular formula is C11H14N2O2. The zero-order valence-electron chi connectivity index (χ0n) is 8.36. The van der Waals surface area contributed by atoms with E-state index in [2.05, 4.69) is 18.5 Å². The Hall–Kier alpha value is -1.81. The predicted molar refractivity (Wildman–Crippen MR) is 58.9 cm³/mol. The molecule has 80 valence electrons. The van der Waals surface area contributed by atoms with Gasteiger partial charge in [0.1, 0.15) is 0 Å². The topological polar surface area (TPSA) is 75.4 Å². The molecule has 1 rings (SSSR count). The number of nitrogens with two attached hydrogens (primary N) is 1. The summed E-state index contributed by atoms with van der Waals surface area (Å²) in [6.45, 7) is 7.12. The molecule has 1 aliphatic heterocycles. The number of hydrogen-bond donors (Lipinski definition) is 3. The molecule has 0 aromatic heterocycles. The number of nitrogens with one attached hydrogen (secondary N) is 1. The third kappa shape index (κ3) is 2.16. The van der Waals surface area contributed by atoms with Crippen LogP contribution in [-0.4, -0.2) is 16.7 Å². The standard InChI is InChI=1S/C11H14N2O2/c1-3-5-8-7-11(12,10(14)15)13-9(8)6-4-2/h3-6,13H,1-2,7,12H2,(H,14,15)/b8-5-,9-6-. The van der Waals surface area contributed by atoms with Gasteiger partial charge in [0.15, 0.2) is 5.66 Å². The number of carboxylic acid groups (broad SMARTS) is 1. The van der Waals surface area contributed by atoms with Crippen molar-refractivity contribution in [2.75, 3.05) is 0 Å². The smallest absolute Gasteiger partial charge is 0.344 e. The van der Waals surface area contributed by atoms with Crippen LogP contribution in [0.15, 0.2) is 48.7 Å². The Balaban J connectivity index is 3.07. The van der Waals surface area contributed by atoms with Crippen LogP contribution in [-0.2, 0) is 4.79 Å². The Morgan fingerprint density at radius 1 is 1.47 bits per heavy atom. The Morgan fingerprint density at radius 3 is 2.53 bits per heavy atom. The first kappa shape index (κ1) is 11.3. The maximum Gasteiger partial charge on any atom is 0.344 e. The molecule has 1 atom stereocenters. The zero-order chi connectivity index (χ0) is 11.5. The largest absolute Gasteiger partial charge is 0.478 e. The Kier molecular flexibility index (Phi) is 3.11. The van der Waals surface area contributed by atoms with Gasteiger partial charge in [0.25, 0.3) is 0 Å². The number of aliphatic carboxylic acids is 1. The van der Waals surface area contributed by atoms with Gasteiger partial charge >= 0.3 is 5.97 Å². The molecule has 0 spiro atoms. The summed E-state index contributed by atoms with van der Waals surface area (Å²) in [5.41, 5.74) is 5.75. The van der Waals surface area contributed by atoms with Crippen LogP contribution in [0.2, 0.25) is 0 Å². The minimum absolute atomic E-state index is 0.230. The molecule has 1 saturated heterocycles. The SMILES string of the molecule is C=C/C=C1/CC(N)(C(=O)O)N/C1=C\C=C. The average molecular weight is 206 g/mol. The van der Waals surface area contributed by atoms with E-state index in [1.54, 1.807) is 24.3 Å². The lowest BCUT2D eigenvalue weighted by atomic mass is 10.1.